The van der Waals surface area contributed by atoms with Crippen molar-refractivity contribution in [3.63, 3.8) is 0 Å². The molecule has 0 saturated heterocycles. The molecule has 0 amide bonds. The predicted octanol–water partition coefficient (Wildman–Crippen LogP) is 6.20. The van der Waals surface area contributed by atoms with Crippen molar-refractivity contribution in [1.29, 1.82) is 0 Å². The number of benzene rings is 2. The number of pyridine rings is 1. The molecule has 0 spiro atoms. The maximum absolute atomic E-state index is 5.90. The van der Waals surface area contributed by atoms with Crippen molar-refractivity contribution in [2.45, 2.75) is 40.2 Å². The summed E-state index contributed by atoms with van der Waals surface area (Å²) in [7, 11) is 0. The van der Waals surface area contributed by atoms with E-state index in [0.717, 1.165) is 17.0 Å². The molecule has 5 nitrogen and oxygen atoms in total. The molecule has 0 bridgehead atoms. The molecule has 0 saturated carbocycles. The average molecular weight is 414 g/mol. The van der Waals surface area contributed by atoms with Crippen LogP contribution in [0.15, 0.2) is 77.4 Å². The molecule has 2 aromatic carbocycles. The molecule has 0 aliphatic rings. The number of ether oxygens (including phenoxy) is 1. The molecule has 5 heteroatoms. The van der Waals surface area contributed by atoms with Gasteiger partial charge in [-0.15, -0.1) is 0 Å². The largest absolute Gasteiger partial charge is 0.487 e. The van der Waals surface area contributed by atoms with Crippen LogP contribution in [-0.2, 0) is 6.61 Å². The SMILES string of the molecule is Cc1nc(-c2ccc(C(c3ccc(OCc4ccccn4)cc3)C(C)(C)C)cc2)no1. The highest BCUT2D eigenvalue weighted by Crippen LogP contribution is 2.41. The summed E-state index contributed by atoms with van der Waals surface area (Å²) in [5.41, 5.74) is 4.41. The highest BCUT2D eigenvalue weighted by molar-refractivity contribution is 5.55. The Kier molecular flexibility index (Phi) is 5.85. The van der Waals surface area contributed by atoms with Crippen molar-refractivity contribution in [2.24, 2.45) is 5.41 Å². The lowest BCUT2D eigenvalue weighted by Crippen LogP contribution is -2.19. The molecule has 158 valence electrons. The first kappa shape index (κ1) is 20.8. The van der Waals surface area contributed by atoms with Crippen LogP contribution < -0.4 is 4.74 Å². The minimum atomic E-state index is 0.0422. The van der Waals surface area contributed by atoms with Gasteiger partial charge in [0.25, 0.3) is 0 Å². The lowest BCUT2D eigenvalue weighted by molar-refractivity contribution is 0.301. The minimum absolute atomic E-state index is 0.0422. The Labute approximate surface area is 183 Å². The minimum Gasteiger partial charge on any atom is -0.487 e. The Balaban J connectivity index is 1.54. The maximum atomic E-state index is 5.90. The van der Waals surface area contributed by atoms with Crippen LogP contribution in [0.4, 0.5) is 0 Å². The number of aromatic nitrogens is 3. The third-order valence-corrected chi connectivity index (χ3v) is 5.22. The van der Waals surface area contributed by atoms with Gasteiger partial charge in [-0.2, -0.15) is 4.98 Å². The van der Waals surface area contributed by atoms with E-state index in [1.165, 1.54) is 11.1 Å². The number of hydrogen-bond donors (Lipinski definition) is 0. The summed E-state index contributed by atoms with van der Waals surface area (Å²) in [4.78, 5) is 8.62. The van der Waals surface area contributed by atoms with Crippen molar-refractivity contribution < 1.29 is 9.26 Å². The monoisotopic (exact) mass is 413 g/mol. The molecule has 0 fully saturated rings. The lowest BCUT2D eigenvalue weighted by Gasteiger charge is -2.32. The van der Waals surface area contributed by atoms with Gasteiger partial charge in [-0.3, -0.25) is 4.98 Å². The molecule has 4 aromatic rings. The highest BCUT2D eigenvalue weighted by Gasteiger charge is 2.28. The van der Waals surface area contributed by atoms with Crippen molar-refractivity contribution in [2.75, 3.05) is 0 Å². The third kappa shape index (κ3) is 5.00. The van der Waals surface area contributed by atoms with Gasteiger partial charge in [0.15, 0.2) is 0 Å². The molecule has 2 aromatic heterocycles. The number of rotatable bonds is 6. The zero-order valence-corrected chi connectivity index (χ0v) is 18.4. The number of hydrogen-bond acceptors (Lipinski definition) is 5. The fraction of sp³-hybridized carbons (Fsp3) is 0.269. The van der Waals surface area contributed by atoms with Crippen molar-refractivity contribution in [3.05, 3.63) is 95.6 Å². The number of nitrogens with zero attached hydrogens (tertiary/aromatic N) is 3. The molecule has 0 aliphatic carbocycles. The van der Waals surface area contributed by atoms with Crippen molar-refractivity contribution in [3.8, 4) is 17.1 Å². The fourth-order valence-electron chi connectivity index (χ4n) is 3.83. The summed E-state index contributed by atoms with van der Waals surface area (Å²) < 4.78 is 11.0. The maximum Gasteiger partial charge on any atom is 0.223 e. The molecule has 0 N–H and O–H groups in total. The molecular formula is C26H27N3O2. The Hall–Kier alpha value is -3.47. The van der Waals surface area contributed by atoms with Crippen LogP contribution >= 0.6 is 0 Å². The highest BCUT2D eigenvalue weighted by atomic mass is 16.5. The topological polar surface area (TPSA) is 61.0 Å². The molecule has 2 heterocycles. The standard InChI is InChI=1S/C26H27N3O2/c1-18-28-25(29-31-18)21-10-8-19(9-11-21)24(26(2,3)4)20-12-14-23(15-13-20)30-17-22-7-5-6-16-27-22/h5-16,24H,17H2,1-4H3. The summed E-state index contributed by atoms with van der Waals surface area (Å²) in [5, 5.41) is 4.01. The normalized spacial score (nSPS) is 12.5. The second-order valence-electron chi connectivity index (χ2n) is 8.74. The van der Waals surface area contributed by atoms with E-state index >= 15 is 0 Å². The van der Waals surface area contributed by atoms with Gasteiger partial charge in [0, 0.05) is 24.6 Å². The third-order valence-electron chi connectivity index (χ3n) is 5.22. The van der Waals surface area contributed by atoms with Crippen LogP contribution in [0.5, 0.6) is 5.75 Å². The van der Waals surface area contributed by atoms with Gasteiger partial charge in [-0.05, 0) is 40.8 Å². The average Bonchev–Trinajstić information content (AvgIpc) is 3.20. The van der Waals surface area contributed by atoms with Crippen LogP contribution in [0.25, 0.3) is 11.4 Å². The fourth-order valence-corrected chi connectivity index (χ4v) is 3.83. The first-order valence-electron chi connectivity index (χ1n) is 10.4. The van der Waals surface area contributed by atoms with E-state index in [9.17, 15) is 0 Å². The van der Waals surface area contributed by atoms with Crippen LogP contribution in [0, 0.1) is 12.3 Å². The van der Waals surface area contributed by atoms with E-state index in [1.807, 2.05) is 30.3 Å². The Bertz CT molecular complexity index is 1110. The smallest absolute Gasteiger partial charge is 0.223 e. The van der Waals surface area contributed by atoms with Gasteiger partial charge in [0.05, 0.1) is 5.69 Å². The Morgan fingerprint density at radius 3 is 2.13 bits per heavy atom. The van der Waals surface area contributed by atoms with E-state index in [2.05, 4.69) is 72.3 Å². The summed E-state index contributed by atoms with van der Waals surface area (Å²) in [6.45, 7) is 9.04. The van der Waals surface area contributed by atoms with Crippen LogP contribution in [0.2, 0.25) is 0 Å². The number of aryl methyl sites for hydroxylation is 1. The van der Waals surface area contributed by atoms with Crippen LogP contribution in [0.1, 0.15) is 49.4 Å². The molecule has 1 unspecified atom stereocenters. The summed E-state index contributed by atoms with van der Waals surface area (Å²) in [6.07, 6.45) is 1.78. The molecule has 0 aliphatic heterocycles. The van der Waals surface area contributed by atoms with E-state index in [-0.39, 0.29) is 11.3 Å². The molecular weight excluding hydrogens is 386 g/mol. The van der Waals surface area contributed by atoms with E-state index in [0.29, 0.717) is 18.3 Å². The van der Waals surface area contributed by atoms with Gasteiger partial charge < -0.3 is 9.26 Å². The zero-order chi connectivity index (χ0) is 21.8. The first-order chi connectivity index (χ1) is 14.9. The van der Waals surface area contributed by atoms with Gasteiger partial charge in [-0.25, -0.2) is 0 Å². The van der Waals surface area contributed by atoms with E-state index < -0.39 is 0 Å². The Morgan fingerprint density at radius 2 is 1.58 bits per heavy atom. The Morgan fingerprint density at radius 1 is 0.903 bits per heavy atom. The second kappa shape index (κ2) is 8.72. The first-order valence-corrected chi connectivity index (χ1v) is 10.4. The predicted molar refractivity (Wildman–Crippen MR) is 121 cm³/mol. The van der Waals surface area contributed by atoms with Crippen molar-refractivity contribution in [1.82, 2.24) is 15.1 Å². The molecule has 4 rings (SSSR count). The quantitative estimate of drug-likeness (QED) is 0.377. The second-order valence-corrected chi connectivity index (χ2v) is 8.74. The van der Waals surface area contributed by atoms with E-state index in [4.69, 9.17) is 9.26 Å². The molecule has 31 heavy (non-hydrogen) atoms. The van der Waals surface area contributed by atoms with E-state index in [1.54, 1.807) is 13.1 Å². The summed E-state index contributed by atoms with van der Waals surface area (Å²) in [6, 6.07) is 22.6. The van der Waals surface area contributed by atoms with Gasteiger partial charge in [0.2, 0.25) is 11.7 Å². The van der Waals surface area contributed by atoms with Crippen LogP contribution in [0.3, 0.4) is 0 Å². The van der Waals surface area contributed by atoms with Gasteiger partial charge >= 0.3 is 0 Å². The van der Waals surface area contributed by atoms with Gasteiger partial charge in [0.1, 0.15) is 12.4 Å². The van der Waals surface area contributed by atoms with Crippen LogP contribution in [-0.4, -0.2) is 15.1 Å². The van der Waals surface area contributed by atoms with Crippen molar-refractivity contribution >= 4 is 0 Å². The summed E-state index contributed by atoms with van der Waals surface area (Å²) >= 11 is 0. The zero-order valence-electron chi connectivity index (χ0n) is 18.4. The molecule has 0 radical (unpaired) electrons. The summed E-state index contributed by atoms with van der Waals surface area (Å²) in [5.74, 6) is 2.26. The van der Waals surface area contributed by atoms with Gasteiger partial charge in [-0.1, -0.05) is 68.4 Å². The molecule has 1 atom stereocenters. The lowest BCUT2D eigenvalue weighted by atomic mass is 9.72.